The second-order valence-electron chi connectivity index (χ2n) is 7.17. The van der Waals surface area contributed by atoms with Crippen molar-refractivity contribution in [3.63, 3.8) is 0 Å². The molecule has 0 spiro atoms. The van der Waals surface area contributed by atoms with Crippen molar-refractivity contribution in [1.82, 2.24) is 0 Å². The van der Waals surface area contributed by atoms with E-state index in [9.17, 15) is 0 Å². The second kappa shape index (κ2) is 7.68. The standard InChI is InChI=1S/C27H18Cl2O/c1-30-19-15-13-18(14-16-19)25-21-10-6-11-22(28)26(21)24(17-7-3-2-4-8-17)20-9-5-12-23(29)27(20)25/h2-16H,1H3. The lowest BCUT2D eigenvalue weighted by Gasteiger charge is -2.19. The number of ether oxygens (including phenoxy) is 1. The summed E-state index contributed by atoms with van der Waals surface area (Å²) in [6.07, 6.45) is 0. The van der Waals surface area contributed by atoms with Gasteiger partial charge in [-0.2, -0.15) is 0 Å². The Morgan fingerprint density at radius 3 is 1.53 bits per heavy atom. The van der Waals surface area contributed by atoms with Crippen LogP contribution in [0.4, 0.5) is 0 Å². The minimum absolute atomic E-state index is 0.720. The molecule has 0 amide bonds. The van der Waals surface area contributed by atoms with Gasteiger partial charge < -0.3 is 4.74 Å². The molecule has 0 saturated heterocycles. The van der Waals surface area contributed by atoms with Crippen LogP contribution in [0.5, 0.6) is 5.75 Å². The van der Waals surface area contributed by atoms with Gasteiger partial charge in [-0.25, -0.2) is 0 Å². The highest BCUT2D eigenvalue weighted by atomic mass is 35.5. The average Bonchev–Trinajstić information content (AvgIpc) is 2.79. The highest BCUT2D eigenvalue weighted by molar-refractivity contribution is 6.42. The van der Waals surface area contributed by atoms with E-state index in [-0.39, 0.29) is 0 Å². The molecule has 0 aliphatic heterocycles. The molecule has 0 heterocycles. The van der Waals surface area contributed by atoms with Gasteiger partial charge in [0.1, 0.15) is 5.75 Å². The van der Waals surface area contributed by atoms with E-state index in [1.807, 2.05) is 54.6 Å². The van der Waals surface area contributed by atoms with Gasteiger partial charge in [-0.05, 0) is 57.3 Å². The second-order valence-corrected chi connectivity index (χ2v) is 7.98. The summed E-state index contributed by atoms with van der Waals surface area (Å²) in [5, 5.41) is 5.66. The van der Waals surface area contributed by atoms with Crippen LogP contribution in [0.2, 0.25) is 10.0 Å². The first-order valence-electron chi connectivity index (χ1n) is 9.71. The first-order valence-corrected chi connectivity index (χ1v) is 10.5. The summed E-state index contributed by atoms with van der Waals surface area (Å²) >= 11 is 13.6. The molecule has 0 radical (unpaired) electrons. The number of hydrogen-bond acceptors (Lipinski definition) is 1. The summed E-state index contributed by atoms with van der Waals surface area (Å²) in [7, 11) is 1.67. The smallest absolute Gasteiger partial charge is 0.118 e. The molecule has 0 fully saturated rings. The van der Waals surface area contributed by atoms with Crippen LogP contribution < -0.4 is 4.74 Å². The fraction of sp³-hybridized carbons (Fsp3) is 0.0370. The normalized spacial score (nSPS) is 11.2. The molecule has 146 valence electrons. The third-order valence-corrected chi connectivity index (χ3v) is 6.14. The predicted octanol–water partition coefficient (Wildman–Crippen LogP) is 8.64. The molecular weight excluding hydrogens is 411 g/mol. The van der Waals surface area contributed by atoms with Crippen molar-refractivity contribution < 1.29 is 4.74 Å². The van der Waals surface area contributed by atoms with E-state index in [0.29, 0.717) is 0 Å². The highest BCUT2D eigenvalue weighted by Gasteiger charge is 2.20. The van der Waals surface area contributed by atoms with Crippen molar-refractivity contribution in [2.75, 3.05) is 7.11 Å². The maximum Gasteiger partial charge on any atom is 0.118 e. The van der Waals surface area contributed by atoms with E-state index >= 15 is 0 Å². The van der Waals surface area contributed by atoms with E-state index in [2.05, 4.69) is 36.4 Å². The first kappa shape index (κ1) is 19.0. The summed E-state index contributed by atoms with van der Waals surface area (Å²) in [5.41, 5.74) is 4.37. The molecule has 1 nitrogen and oxygen atoms in total. The van der Waals surface area contributed by atoms with E-state index in [1.54, 1.807) is 7.11 Å². The summed E-state index contributed by atoms with van der Waals surface area (Å²) in [6, 6.07) is 30.6. The van der Waals surface area contributed by atoms with Gasteiger partial charge in [0.05, 0.1) is 7.11 Å². The molecule has 3 heteroatoms. The summed E-state index contributed by atoms with van der Waals surface area (Å²) in [6.45, 7) is 0. The van der Waals surface area contributed by atoms with Crippen molar-refractivity contribution >= 4 is 44.7 Å². The van der Waals surface area contributed by atoms with Gasteiger partial charge in [-0.1, -0.05) is 89.9 Å². The minimum atomic E-state index is 0.720. The molecule has 0 aromatic heterocycles. The van der Waals surface area contributed by atoms with Gasteiger partial charge in [-0.3, -0.25) is 0 Å². The Morgan fingerprint density at radius 1 is 0.533 bits per heavy atom. The topological polar surface area (TPSA) is 9.23 Å². The average molecular weight is 429 g/mol. The zero-order chi connectivity index (χ0) is 20.7. The van der Waals surface area contributed by atoms with Crippen LogP contribution in [-0.4, -0.2) is 7.11 Å². The van der Waals surface area contributed by atoms with Crippen LogP contribution in [0.3, 0.4) is 0 Å². The molecule has 30 heavy (non-hydrogen) atoms. The van der Waals surface area contributed by atoms with Crippen LogP contribution in [0, 0.1) is 0 Å². The number of benzene rings is 5. The summed E-state index contributed by atoms with van der Waals surface area (Å²) in [4.78, 5) is 0. The fourth-order valence-electron chi connectivity index (χ4n) is 4.20. The molecule has 0 unspecified atom stereocenters. The first-order chi connectivity index (χ1) is 14.7. The maximum absolute atomic E-state index is 6.81. The largest absolute Gasteiger partial charge is 0.497 e. The number of methoxy groups -OCH3 is 1. The zero-order valence-electron chi connectivity index (χ0n) is 16.3. The molecule has 0 N–H and O–H groups in total. The van der Waals surface area contributed by atoms with Crippen LogP contribution in [0.1, 0.15) is 0 Å². The lowest BCUT2D eigenvalue weighted by molar-refractivity contribution is 0.415. The van der Waals surface area contributed by atoms with E-state index in [0.717, 1.165) is 59.6 Å². The number of fused-ring (bicyclic) bond motifs is 2. The Kier molecular flexibility index (Phi) is 4.86. The van der Waals surface area contributed by atoms with Gasteiger partial charge >= 0.3 is 0 Å². The van der Waals surface area contributed by atoms with E-state index in [1.165, 1.54) is 0 Å². The van der Waals surface area contributed by atoms with Gasteiger partial charge in [-0.15, -0.1) is 0 Å². The van der Waals surface area contributed by atoms with E-state index in [4.69, 9.17) is 27.9 Å². The molecule has 0 aliphatic rings. The Bertz CT molecular complexity index is 1370. The minimum Gasteiger partial charge on any atom is -0.497 e. The monoisotopic (exact) mass is 428 g/mol. The van der Waals surface area contributed by atoms with Crippen molar-refractivity contribution in [3.8, 4) is 28.0 Å². The Balaban J connectivity index is 2.02. The quantitative estimate of drug-likeness (QED) is 0.261. The molecule has 0 atom stereocenters. The molecule has 0 bridgehead atoms. The molecule has 5 aromatic rings. The Morgan fingerprint density at radius 2 is 1.03 bits per heavy atom. The van der Waals surface area contributed by atoms with Crippen LogP contribution >= 0.6 is 23.2 Å². The van der Waals surface area contributed by atoms with Crippen molar-refractivity contribution in [2.24, 2.45) is 0 Å². The van der Waals surface area contributed by atoms with Crippen LogP contribution in [0.25, 0.3) is 43.8 Å². The number of halogens is 2. The molecule has 5 rings (SSSR count). The SMILES string of the molecule is COc1ccc(-c2c3cccc(Cl)c3c(-c3ccccc3)c3cccc(Cl)c23)cc1. The Hall–Kier alpha value is -3.00. The van der Waals surface area contributed by atoms with Gasteiger partial charge in [0.15, 0.2) is 0 Å². The van der Waals surface area contributed by atoms with Crippen LogP contribution in [-0.2, 0) is 0 Å². The van der Waals surface area contributed by atoms with Crippen LogP contribution in [0.15, 0.2) is 91.0 Å². The predicted molar refractivity (Wildman–Crippen MR) is 129 cm³/mol. The third-order valence-electron chi connectivity index (χ3n) is 5.51. The molecule has 0 saturated carbocycles. The van der Waals surface area contributed by atoms with Gasteiger partial charge in [0.25, 0.3) is 0 Å². The summed E-state index contributed by atoms with van der Waals surface area (Å²) < 4.78 is 5.35. The number of hydrogen-bond donors (Lipinski definition) is 0. The van der Waals surface area contributed by atoms with Gasteiger partial charge in [0.2, 0.25) is 0 Å². The maximum atomic E-state index is 6.81. The fourth-order valence-corrected chi connectivity index (χ4v) is 4.74. The highest BCUT2D eigenvalue weighted by Crippen LogP contribution is 2.47. The van der Waals surface area contributed by atoms with Crippen molar-refractivity contribution in [3.05, 3.63) is 101 Å². The lowest BCUT2D eigenvalue weighted by Crippen LogP contribution is -1.92. The number of rotatable bonds is 3. The molecule has 5 aromatic carbocycles. The van der Waals surface area contributed by atoms with Gasteiger partial charge in [0, 0.05) is 20.8 Å². The lowest BCUT2D eigenvalue weighted by atomic mass is 9.86. The third kappa shape index (κ3) is 3.02. The zero-order valence-corrected chi connectivity index (χ0v) is 17.8. The summed E-state index contributed by atoms with van der Waals surface area (Å²) in [5.74, 6) is 0.817. The van der Waals surface area contributed by atoms with E-state index < -0.39 is 0 Å². The van der Waals surface area contributed by atoms with Crippen molar-refractivity contribution in [1.29, 1.82) is 0 Å². The Labute approximate surface area is 185 Å². The molecule has 0 aliphatic carbocycles. The van der Waals surface area contributed by atoms with Crippen molar-refractivity contribution in [2.45, 2.75) is 0 Å². The molecular formula is C27H18Cl2O.